The number of carbonyl (C=O) groups is 1. The van der Waals surface area contributed by atoms with Crippen LogP contribution >= 0.6 is 15.9 Å². The SMILES string of the molecule is CC(C)(C)OC(=O)NC(C#N)c1cccc(Br)c1. The van der Waals surface area contributed by atoms with Crippen molar-refractivity contribution in [3.8, 4) is 6.07 Å². The summed E-state index contributed by atoms with van der Waals surface area (Å²) >= 11 is 3.32. The Kier molecular flexibility index (Phi) is 4.74. The molecule has 96 valence electrons. The topological polar surface area (TPSA) is 62.1 Å². The predicted octanol–water partition coefficient (Wildman–Crippen LogP) is 3.54. The normalized spacial score (nSPS) is 12.4. The summed E-state index contributed by atoms with van der Waals surface area (Å²) in [7, 11) is 0. The van der Waals surface area contributed by atoms with Crippen LogP contribution in [0.15, 0.2) is 28.7 Å². The minimum atomic E-state index is -0.725. The standard InChI is InChI=1S/C13H15BrN2O2/c1-13(2,3)18-12(17)16-11(8-15)9-5-4-6-10(14)7-9/h4-7,11H,1-3H3,(H,16,17). The molecule has 1 aromatic carbocycles. The Morgan fingerprint density at radius 3 is 2.67 bits per heavy atom. The highest BCUT2D eigenvalue weighted by atomic mass is 79.9. The minimum absolute atomic E-state index is 0.582. The Bertz CT molecular complexity index is 475. The minimum Gasteiger partial charge on any atom is -0.444 e. The fraction of sp³-hybridized carbons (Fsp3) is 0.385. The third-order valence-corrected chi connectivity index (χ3v) is 2.47. The van der Waals surface area contributed by atoms with Gasteiger partial charge in [-0.1, -0.05) is 28.1 Å². The molecule has 0 aliphatic rings. The molecule has 0 saturated carbocycles. The van der Waals surface area contributed by atoms with Gasteiger partial charge >= 0.3 is 6.09 Å². The van der Waals surface area contributed by atoms with E-state index in [1.807, 2.05) is 12.1 Å². The van der Waals surface area contributed by atoms with Crippen molar-refractivity contribution in [3.05, 3.63) is 34.3 Å². The van der Waals surface area contributed by atoms with E-state index in [0.29, 0.717) is 5.56 Å². The van der Waals surface area contributed by atoms with Gasteiger partial charge in [-0.15, -0.1) is 0 Å². The van der Waals surface area contributed by atoms with Crippen LogP contribution < -0.4 is 5.32 Å². The van der Waals surface area contributed by atoms with E-state index in [4.69, 9.17) is 10.00 Å². The first-order valence-corrected chi connectivity index (χ1v) is 6.26. The molecule has 0 radical (unpaired) electrons. The van der Waals surface area contributed by atoms with Crippen LogP contribution in [0.2, 0.25) is 0 Å². The lowest BCUT2D eigenvalue weighted by molar-refractivity contribution is 0.0515. The van der Waals surface area contributed by atoms with Crippen LogP contribution in [-0.2, 0) is 4.74 Å². The predicted molar refractivity (Wildman–Crippen MR) is 71.9 cm³/mol. The molecule has 0 aliphatic carbocycles. The summed E-state index contributed by atoms with van der Waals surface area (Å²) in [5, 5.41) is 11.6. The number of hydrogen-bond donors (Lipinski definition) is 1. The third kappa shape index (κ3) is 4.76. The number of ether oxygens (including phenoxy) is 1. The molecule has 1 rings (SSSR count). The first-order chi connectivity index (χ1) is 8.31. The molecular weight excluding hydrogens is 296 g/mol. The molecule has 1 unspecified atom stereocenters. The van der Waals surface area contributed by atoms with Crippen LogP contribution in [0, 0.1) is 11.3 Å². The van der Waals surface area contributed by atoms with Crippen LogP contribution in [0.3, 0.4) is 0 Å². The number of nitrogens with one attached hydrogen (secondary N) is 1. The zero-order valence-electron chi connectivity index (χ0n) is 10.5. The highest BCUT2D eigenvalue weighted by molar-refractivity contribution is 9.10. The molecule has 1 amide bonds. The zero-order chi connectivity index (χ0) is 13.8. The first kappa shape index (κ1) is 14.5. The Morgan fingerprint density at radius 1 is 1.50 bits per heavy atom. The van der Waals surface area contributed by atoms with Crippen molar-refractivity contribution in [1.29, 1.82) is 5.26 Å². The number of alkyl carbamates (subject to hydrolysis) is 1. The van der Waals surface area contributed by atoms with Crippen molar-refractivity contribution in [2.75, 3.05) is 0 Å². The van der Waals surface area contributed by atoms with Crippen LogP contribution in [0.4, 0.5) is 4.79 Å². The fourth-order valence-corrected chi connectivity index (χ4v) is 1.72. The average Bonchev–Trinajstić information content (AvgIpc) is 2.23. The Hall–Kier alpha value is -1.54. The van der Waals surface area contributed by atoms with E-state index in [9.17, 15) is 4.79 Å². The van der Waals surface area contributed by atoms with Crippen molar-refractivity contribution in [3.63, 3.8) is 0 Å². The number of hydrogen-bond acceptors (Lipinski definition) is 3. The molecule has 0 saturated heterocycles. The number of carbonyl (C=O) groups excluding carboxylic acids is 1. The van der Waals surface area contributed by atoms with Crippen LogP contribution in [0.5, 0.6) is 0 Å². The van der Waals surface area contributed by atoms with Crippen molar-refractivity contribution in [2.45, 2.75) is 32.4 Å². The lowest BCUT2D eigenvalue weighted by atomic mass is 10.1. The molecule has 1 atom stereocenters. The van der Waals surface area contributed by atoms with Gasteiger partial charge in [-0.05, 0) is 38.5 Å². The highest BCUT2D eigenvalue weighted by Crippen LogP contribution is 2.18. The van der Waals surface area contributed by atoms with E-state index in [1.54, 1.807) is 39.0 Å². The second-order valence-corrected chi connectivity index (χ2v) is 5.68. The van der Waals surface area contributed by atoms with E-state index in [-0.39, 0.29) is 0 Å². The fourth-order valence-electron chi connectivity index (χ4n) is 1.30. The van der Waals surface area contributed by atoms with E-state index in [1.165, 1.54) is 0 Å². The summed E-state index contributed by atoms with van der Waals surface area (Å²) in [6, 6.07) is 8.52. The number of rotatable bonds is 2. The second-order valence-electron chi connectivity index (χ2n) is 4.76. The average molecular weight is 311 g/mol. The molecular formula is C13H15BrN2O2. The number of halogens is 1. The lowest BCUT2D eigenvalue weighted by Gasteiger charge is -2.21. The Balaban J connectivity index is 2.75. The molecule has 1 aromatic rings. The third-order valence-electron chi connectivity index (χ3n) is 1.97. The number of benzene rings is 1. The maximum atomic E-state index is 11.6. The van der Waals surface area contributed by atoms with E-state index >= 15 is 0 Å². The van der Waals surface area contributed by atoms with Gasteiger partial charge in [0.25, 0.3) is 0 Å². The zero-order valence-corrected chi connectivity index (χ0v) is 12.1. The number of nitriles is 1. The maximum Gasteiger partial charge on any atom is 0.408 e. The summed E-state index contributed by atoms with van der Waals surface area (Å²) in [5.41, 5.74) is 0.124. The van der Waals surface area contributed by atoms with Crippen molar-refractivity contribution in [1.82, 2.24) is 5.32 Å². The van der Waals surface area contributed by atoms with E-state index in [0.717, 1.165) is 4.47 Å². The van der Waals surface area contributed by atoms with Crippen LogP contribution in [0.1, 0.15) is 32.4 Å². The molecule has 0 bridgehead atoms. The van der Waals surface area contributed by atoms with E-state index < -0.39 is 17.7 Å². The Morgan fingerprint density at radius 2 is 2.17 bits per heavy atom. The largest absolute Gasteiger partial charge is 0.444 e. The number of nitrogens with zero attached hydrogens (tertiary/aromatic N) is 1. The molecule has 0 aliphatic heterocycles. The molecule has 18 heavy (non-hydrogen) atoms. The molecule has 0 aromatic heterocycles. The monoisotopic (exact) mass is 310 g/mol. The quantitative estimate of drug-likeness (QED) is 0.908. The summed E-state index contributed by atoms with van der Waals surface area (Å²) in [6.45, 7) is 5.31. The van der Waals surface area contributed by atoms with Crippen LogP contribution in [-0.4, -0.2) is 11.7 Å². The molecule has 1 N–H and O–H groups in total. The summed E-state index contributed by atoms with van der Waals surface area (Å²) in [5.74, 6) is 0. The molecule has 0 fully saturated rings. The summed E-state index contributed by atoms with van der Waals surface area (Å²) < 4.78 is 5.96. The van der Waals surface area contributed by atoms with Gasteiger partial charge in [-0.2, -0.15) is 5.26 Å². The van der Waals surface area contributed by atoms with Gasteiger partial charge < -0.3 is 10.1 Å². The van der Waals surface area contributed by atoms with Crippen molar-refractivity contribution < 1.29 is 9.53 Å². The van der Waals surface area contributed by atoms with Gasteiger partial charge in [0.2, 0.25) is 0 Å². The molecule has 4 nitrogen and oxygen atoms in total. The Labute approximate surface area is 115 Å². The van der Waals surface area contributed by atoms with E-state index in [2.05, 4.69) is 21.2 Å². The van der Waals surface area contributed by atoms with Crippen molar-refractivity contribution in [2.24, 2.45) is 0 Å². The van der Waals surface area contributed by atoms with Gasteiger partial charge in [-0.3, -0.25) is 0 Å². The van der Waals surface area contributed by atoms with Gasteiger partial charge in [0.1, 0.15) is 11.6 Å². The summed E-state index contributed by atoms with van der Waals surface area (Å²) in [6.07, 6.45) is -0.603. The second kappa shape index (κ2) is 5.87. The molecule has 0 spiro atoms. The molecule has 5 heteroatoms. The maximum absolute atomic E-state index is 11.6. The van der Waals surface area contributed by atoms with Crippen LogP contribution in [0.25, 0.3) is 0 Å². The highest BCUT2D eigenvalue weighted by Gasteiger charge is 2.20. The van der Waals surface area contributed by atoms with Gasteiger partial charge in [0, 0.05) is 4.47 Å². The van der Waals surface area contributed by atoms with Gasteiger partial charge in [0.05, 0.1) is 6.07 Å². The number of amides is 1. The lowest BCUT2D eigenvalue weighted by Crippen LogP contribution is -2.34. The summed E-state index contributed by atoms with van der Waals surface area (Å²) in [4.78, 5) is 11.6. The smallest absolute Gasteiger partial charge is 0.408 e. The van der Waals surface area contributed by atoms with Gasteiger partial charge in [-0.25, -0.2) is 4.79 Å². The van der Waals surface area contributed by atoms with Crippen molar-refractivity contribution >= 4 is 22.0 Å². The molecule has 0 heterocycles. The first-order valence-electron chi connectivity index (χ1n) is 5.46. The van der Waals surface area contributed by atoms with Gasteiger partial charge in [0.15, 0.2) is 0 Å².